The van der Waals surface area contributed by atoms with Crippen molar-refractivity contribution in [1.82, 2.24) is 4.98 Å². The van der Waals surface area contributed by atoms with E-state index >= 15 is 0 Å². The van der Waals surface area contributed by atoms with Crippen LogP contribution in [0.3, 0.4) is 0 Å². The van der Waals surface area contributed by atoms with Crippen molar-refractivity contribution < 1.29 is 19.1 Å². The minimum absolute atomic E-state index is 0.0575. The molecule has 1 heterocycles. The molecule has 0 atom stereocenters. The molecule has 0 saturated heterocycles. The monoisotopic (exact) mass is 422 g/mol. The maximum Gasteiger partial charge on any atom is 0.337 e. The first-order valence-corrected chi connectivity index (χ1v) is 10.7. The lowest BCUT2D eigenvalue weighted by molar-refractivity contribution is -0.122. The van der Waals surface area contributed by atoms with E-state index in [9.17, 15) is 9.59 Å². The maximum absolute atomic E-state index is 12.2. The first-order valence-electron chi connectivity index (χ1n) is 9.80. The smallest absolute Gasteiger partial charge is 0.337 e. The summed E-state index contributed by atoms with van der Waals surface area (Å²) in [4.78, 5) is 28.3. The molecule has 0 spiro atoms. The van der Waals surface area contributed by atoms with E-state index in [4.69, 9.17) is 9.47 Å². The number of amides is 1. The van der Waals surface area contributed by atoms with Crippen LogP contribution in [0.2, 0.25) is 0 Å². The number of carbonyl (C=O) groups excluding carboxylic acids is 2. The molecular weight excluding hydrogens is 400 g/mol. The van der Waals surface area contributed by atoms with E-state index in [1.54, 1.807) is 12.1 Å². The third kappa shape index (κ3) is 4.52. The second-order valence-corrected chi connectivity index (χ2v) is 7.99. The molecule has 0 unspecified atom stereocenters. The molecule has 1 aliphatic rings. The number of esters is 1. The molecule has 0 aliphatic heterocycles. The van der Waals surface area contributed by atoms with Gasteiger partial charge in [0.05, 0.1) is 18.4 Å². The average Bonchev–Trinajstić information content (AvgIpc) is 3.19. The van der Waals surface area contributed by atoms with Crippen LogP contribution in [0, 0.1) is 5.92 Å². The second kappa shape index (κ2) is 9.09. The molecule has 4 rings (SSSR count). The summed E-state index contributed by atoms with van der Waals surface area (Å²) < 4.78 is 10.7. The van der Waals surface area contributed by atoms with E-state index in [0.717, 1.165) is 36.1 Å². The maximum atomic E-state index is 12.2. The first-order chi connectivity index (χ1) is 14.6. The van der Waals surface area contributed by atoms with Crippen molar-refractivity contribution in [3.8, 4) is 17.0 Å². The Morgan fingerprint density at radius 1 is 1.13 bits per heavy atom. The van der Waals surface area contributed by atoms with Crippen LogP contribution in [0.25, 0.3) is 11.3 Å². The molecule has 2 aromatic carbocycles. The Labute approximate surface area is 178 Å². The minimum atomic E-state index is -0.364. The van der Waals surface area contributed by atoms with Crippen LogP contribution in [-0.4, -0.2) is 24.0 Å². The highest BCUT2D eigenvalue weighted by Gasteiger charge is 2.25. The second-order valence-electron chi connectivity index (χ2n) is 7.13. The Bertz CT molecular complexity index is 1040. The lowest BCUT2D eigenvalue weighted by Gasteiger charge is -2.23. The number of ether oxygens (including phenoxy) is 2. The summed E-state index contributed by atoms with van der Waals surface area (Å²) >= 11 is 1.41. The van der Waals surface area contributed by atoms with Gasteiger partial charge in [0, 0.05) is 16.9 Å². The fourth-order valence-electron chi connectivity index (χ4n) is 3.15. The Hall–Kier alpha value is -3.19. The molecule has 1 fully saturated rings. The normalized spacial score (nSPS) is 13.4. The van der Waals surface area contributed by atoms with Gasteiger partial charge in [0.1, 0.15) is 12.4 Å². The summed E-state index contributed by atoms with van der Waals surface area (Å²) in [6, 6.07) is 14.8. The number of carbonyl (C=O) groups is 2. The molecule has 1 saturated carbocycles. The molecule has 1 aromatic heterocycles. The van der Waals surface area contributed by atoms with Crippen molar-refractivity contribution >= 4 is 28.3 Å². The predicted octanol–water partition coefficient (Wildman–Crippen LogP) is 4.91. The molecule has 1 N–H and O–H groups in total. The van der Waals surface area contributed by atoms with E-state index in [0.29, 0.717) is 23.1 Å². The quantitative estimate of drug-likeness (QED) is 0.547. The highest BCUT2D eigenvalue weighted by molar-refractivity contribution is 7.14. The summed E-state index contributed by atoms with van der Waals surface area (Å²) in [5, 5.41) is 5.45. The van der Waals surface area contributed by atoms with Crippen molar-refractivity contribution in [2.45, 2.75) is 25.9 Å². The van der Waals surface area contributed by atoms with Crippen LogP contribution >= 0.6 is 11.3 Å². The average molecular weight is 423 g/mol. The highest BCUT2D eigenvalue weighted by Crippen LogP contribution is 2.33. The fourth-order valence-corrected chi connectivity index (χ4v) is 3.87. The summed E-state index contributed by atoms with van der Waals surface area (Å²) in [7, 11) is 1.36. The van der Waals surface area contributed by atoms with Crippen molar-refractivity contribution in [3.05, 3.63) is 65.0 Å². The number of hydrogen-bond donors (Lipinski definition) is 1. The van der Waals surface area contributed by atoms with Gasteiger partial charge in [0.25, 0.3) is 0 Å². The van der Waals surface area contributed by atoms with E-state index in [2.05, 4.69) is 10.3 Å². The Kier molecular flexibility index (Phi) is 6.09. The van der Waals surface area contributed by atoms with Crippen LogP contribution in [0.15, 0.2) is 53.9 Å². The molecule has 0 radical (unpaired) electrons. The lowest BCUT2D eigenvalue weighted by atomic mass is 9.85. The third-order valence-electron chi connectivity index (χ3n) is 5.14. The van der Waals surface area contributed by atoms with E-state index in [-0.39, 0.29) is 17.8 Å². The predicted molar refractivity (Wildman–Crippen MR) is 116 cm³/mol. The molecule has 3 aromatic rings. The Balaban J connectivity index is 1.44. The molecule has 0 bridgehead atoms. The summed E-state index contributed by atoms with van der Waals surface area (Å²) in [6.07, 6.45) is 3.04. The van der Waals surface area contributed by atoms with Gasteiger partial charge in [-0.2, -0.15) is 0 Å². The van der Waals surface area contributed by atoms with Crippen LogP contribution in [-0.2, 0) is 16.1 Å². The zero-order valence-electron chi connectivity index (χ0n) is 16.6. The van der Waals surface area contributed by atoms with Gasteiger partial charge in [0.15, 0.2) is 5.13 Å². The van der Waals surface area contributed by atoms with Gasteiger partial charge >= 0.3 is 5.97 Å². The van der Waals surface area contributed by atoms with Crippen LogP contribution in [0.1, 0.15) is 35.2 Å². The molecule has 30 heavy (non-hydrogen) atoms. The van der Waals surface area contributed by atoms with Gasteiger partial charge in [-0.3, -0.25) is 4.79 Å². The highest BCUT2D eigenvalue weighted by atomic mass is 32.1. The number of benzene rings is 2. The first kappa shape index (κ1) is 20.1. The molecule has 1 aliphatic carbocycles. The molecule has 6 nitrogen and oxygen atoms in total. The standard InChI is InChI=1S/C23H22N2O4S/c1-28-22(27)17-11-9-15(10-12-17)13-29-20-8-3-2-7-18(20)19-14-30-23(24-19)25-21(26)16-5-4-6-16/h2-3,7-12,14,16H,4-6,13H2,1H3,(H,24,25,26). The topological polar surface area (TPSA) is 77.5 Å². The lowest BCUT2D eigenvalue weighted by Crippen LogP contribution is -2.27. The van der Waals surface area contributed by atoms with Gasteiger partial charge < -0.3 is 14.8 Å². The van der Waals surface area contributed by atoms with Crippen molar-refractivity contribution in [2.24, 2.45) is 5.92 Å². The summed E-state index contributed by atoms with van der Waals surface area (Å²) in [5.41, 5.74) is 3.06. The molecular formula is C23H22N2O4S. The molecule has 154 valence electrons. The minimum Gasteiger partial charge on any atom is -0.488 e. The van der Waals surface area contributed by atoms with E-state index < -0.39 is 0 Å². The molecule has 7 heteroatoms. The van der Waals surface area contributed by atoms with Crippen LogP contribution in [0.4, 0.5) is 5.13 Å². The number of rotatable bonds is 7. The number of para-hydroxylation sites is 1. The number of thiazole rings is 1. The number of hydrogen-bond acceptors (Lipinski definition) is 6. The van der Waals surface area contributed by atoms with Gasteiger partial charge in [-0.15, -0.1) is 11.3 Å². The number of aromatic nitrogens is 1. The Morgan fingerprint density at radius 2 is 1.90 bits per heavy atom. The van der Waals surface area contributed by atoms with Gasteiger partial charge in [0.2, 0.25) is 5.91 Å². The van der Waals surface area contributed by atoms with Crippen LogP contribution < -0.4 is 10.1 Å². The van der Waals surface area contributed by atoms with Crippen molar-refractivity contribution in [2.75, 3.05) is 12.4 Å². The van der Waals surface area contributed by atoms with E-state index in [1.165, 1.54) is 18.4 Å². The third-order valence-corrected chi connectivity index (χ3v) is 5.90. The van der Waals surface area contributed by atoms with Crippen molar-refractivity contribution in [1.29, 1.82) is 0 Å². The van der Waals surface area contributed by atoms with Gasteiger partial charge in [-0.05, 0) is 42.7 Å². The number of anilines is 1. The SMILES string of the molecule is COC(=O)c1ccc(COc2ccccc2-c2csc(NC(=O)C3CCC3)n2)cc1. The number of nitrogens with zero attached hydrogens (tertiary/aromatic N) is 1. The zero-order valence-corrected chi connectivity index (χ0v) is 17.4. The van der Waals surface area contributed by atoms with E-state index in [1.807, 2.05) is 41.8 Å². The summed E-state index contributed by atoms with van der Waals surface area (Å²) in [6.45, 7) is 0.355. The largest absolute Gasteiger partial charge is 0.488 e. The van der Waals surface area contributed by atoms with Gasteiger partial charge in [-0.25, -0.2) is 9.78 Å². The molecule has 1 amide bonds. The Morgan fingerprint density at radius 3 is 2.60 bits per heavy atom. The number of nitrogens with one attached hydrogen (secondary N) is 1. The zero-order chi connectivity index (χ0) is 20.9. The van der Waals surface area contributed by atoms with Crippen LogP contribution in [0.5, 0.6) is 5.75 Å². The summed E-state index contributed by atoms with van der Waals surface area (Å²) in [5.74, 6) is 0.522. The number of methoxy groups -OCH3 is 1. The fraction of sp³-hybridized carbons (Fsp3) is 0.261. The van der Waals surface area contributed by atoms with Crippen molar-refractivity contribution in [3.63, 3.8) is 0 Å². The van der Waals surface area contributed by atoms with Gasteiger partial charge in [-0.1, -0.05) is 30.7 Å².